The van der Waals surface area contributed by atoms with Crippen LogP contribution in [0.15, 0.2) is 48.5 Å². The lowest BCUT2D eigenvalue weighted by Crippen LogP contribution is -2.25. The second kappa shape index (κ2) is 36.8. The molecule has 0 bridgehead atoms. The van der Waals surface area contributed by atoms with Crippen LogP contribution in [0.25, 0.3) is 0 Å². The minimum atomic E-state index is -0.167. The van der Waals surface area contributed by atoms with Crippen LogP contribution in [0.4, 0.5) is 0 Å². The van der Waals surface area contributed by atoms with E-state index in [0.717, 1.165) is 38.5 Å². The lowest BCUT2D eigenvalue weighted by Gasteiger charge is -2.29. The van der Waals surface area contributed by atoms with Crippen LogP contribution in [-0.2, 0) is 22.3 Å². The van der Waals surface area contributed by atoms with E-state index >= 15 is 0 Å². The molecule has 0 saturated carbocycles. The molecular formula is C57H98O4. The number of aryl methyl sites for hydroxylation is 2. The Hall–Kier alpha value is -2.62. The lowest BCUT2D eigenvalue weighted by molar-refractivity contribution is 0.0259. The van der Waals surface area contributed by atoms with Gasteiger partial charge in [0.1, 0.15) is 0 Å². The molecule has 2 rings (SSSR count). The molecule has 0 radical (unpaired) electrons. The summed E-state index contributed by atoms with van der Waals surface area (Å²) in [5.41, 5.74) is 4.20. The Balaban J connectivity index is 0.000000610. The predicted octanol–water partition coefficient (Wildman–Crippen LogP) is 18.2. The average Bonchev–Trinajstić information content (AvgIpc) is 3.27. The number of rotatable bonds is 37. The molecule has 2 aromatic carbocycles. The van der Waals surface area contributed by atoms with E-state index in [1.54, 1.807) is 0 Å². The summed E-state index contributed by atoms with van der Waals surface area (Å²) in [6.07, 6.45) is 38.9. The number of hydrogen-bond donors (Lipinski definition) is 0. The van der Waals surface area contributed by atoms with E-state index in [-0.39, 0.29) is 22.8 Å². The van der Waals surface area contributed by atoms with Crippen molar-refractivity contribution >= 4 is 11.9 Å². The molecular weight excluding hydrogens is 749 g/mol. The van der Waals surface area contributed by atoms with Crippen molar-refractivity contribution in [2.24, 2.45) is 10.8 Å². The van der Waals surface area contributed by atoms with E-state index in [4.69, 9.17) is 9.47 Å². The highest BCUT2D eigenvalue weighted by Gasteiger charge is 2.27. The average molecular weight is 847 g/mol. The van der Waals surface area contributed by atoms with Gasteiger partial charge in [-0.1, -0.05) is 227 Å². The number of esters is 2. The number of carbonyl (C=O) groups excluding carboxylic acids is 2. The van der Waals surface area contributed by atoms with E-state index in [0.29, 0.717) is 24.3 Å². The van der Waals surface area contributed by atoms with Crippen molar-refractivity contribution in [2.75, 3.05) is 13.2 Å². The molecule has 2 aromatic rings. The SMILES string of the molecule is CCCCCCCCC(C)(CCCCCC)COC(=O)c1ccc(CCCC)cc1.CCCCCCCCC(C)(CCCCCC)COC(=O)c1ccc(CCCCC)cc1. The maximum atomic E-state index is 12.7. The Morgan fingerprint density at radius 3 is 0.951 bits per heavy atom. The van der Waals surface area contributed by atoms with Crippen molar-refractivity contribution in [3.63, 3.8) is 0 Å². The monoisotopic (exact) mass is 847 g/mol. The standard InChI is InChI=1S/C29H50O2.C28H48O2/c1-5-8-11-13-14-17-24-29(4,23-16-12-9-6-2)25-31-28(30)27-21-19-26(20-22-27)18-15-10-7-3;1-5-8-11-13-14-16-23-28(4,22-15-12-9-6-2)24-30-27(29)26-20-18-25(19-21-26)17-10-7-3/h19-22H,5-18,23-25H2,1-4H3;18-21H,5-17,22-24H2,1-4H3. The minimum absolute atomic E-state index is 0.105. The first-order valence-corrected chi connectivity index (χ1v) is 26.1. The van der Waals surface area contributed by atoms with Crippen molar-refractivity contribution < 1.29 is 19.1 Å². The number of hydrogen-bond acceptors (Lipinski definition) is 4. The molecule has 0 amide bonds. The van der Waals surface area contributed by atoms with Crippen LogP contribution in [0.5, 0.6) is 0 Å². The number of benzene rings is 2. The molecule has 2 unspecified atom stereocenters. The van der Waals surface area contributed by atoms with E-state index in [2.05, 4.69) is 79.7 Å². The van der Waals surface area contributed by atoms with E-state index < -0.39 is 0 Å². The fraction of sp³-hybridized carbons (Fsp3) is 0.754. The quantitative estimate of drug-likeness (QED) is 0.0502. The summed E-state index contributed by atoms with van der Waals surface area (Å²) in [6, 6.07) is 16.1. The van der Waals surface area contributed by atoms with E-state index in [9.17, 15) is 9.59 Å². The van der Waals surface area contributed by atoms with Crippen LogP contribution < -0.4 is 0 Å². The number of ether oxygens (including phenoxy) is 2. The molecule has 2 atom stereocenters. The van der Waals surface area contributed by atoms with Gasteiger partial charge in [0.05, 0.1) is 24.3 Å². The smallest absolute Gasteiger partial charge is 0.338 e. The topological polar surface area (TPSA) is 52.6 Å². The molecule has 0 N–H and O–H groups in total. The van der Waals surface area contributed by atoms with Gasteiger partial charge in [0, 0.05) is 10.8 Å². The van der Waals surface area contributed by atoms with E-state index in [1.165, 1.54) is 172 Å². The Labute approximate surface area is 378 Å². The predicted molar refractivity (Wildman–Crippen MR) is 265 cm³/mol. The summed E-state index contributed by atoms with van der Waals surface area (Å²) in [4.78, 5) is 25.3. The van der Waals surface area contributed by atoms with Crippen LogP contribution in [0.3, 0.4) is 0 Å². The van der Waals surface area contributed by atoms with Gasteiger partial charge in [-0.3, -0.25) is 0 Å². The van der Waals surface area contributed by atoms with Gasteiger partial charge >= 0.3 is 11.9 Å². The molecule has 0 aliphatic rings. The van der Waals surface area contributed by atoms with Gasteiger partial charge in [-0.15, -0.1) is 0 Å². The first-order chi connectivity index (χ1) is 29.6. The second-order valence-electron chi connectivity index (χ2n) is 19.4. The van der Waals surface area contributed by atoms with Gasteiger partial charge in [0.2, 0.25) is 0 Å². The summed E-state index contributed by atoms with van der Waals surface area (Å²) < 4.78 is 11.7. The Kier molecular flexibility index (Phi) is 34.0. The lowest BCUT2D eigenvalue weighted by atomic mass is 9.80. The van der Waals surface area contributed by atoms with Crippen molar-refractivity contribution in [1.29, 1.82) is 0 Å². The summed E-state index contributed by atoms with van der Waals surface area (Å²) in [5.74, 6) is -0.331. The zero-order valence-corrected chi connectivity index (χ0v) is 41.6. The van der Waals surface area contributed by atoms with Gasteiger partial charge in [-0.2, -0.15) is 0 Å². The molecule has 0 spiro atoms. The number of carbonyl (C=O) groups is 2. The van der Waals surface area contributed by atoms with Crippen LogP contribution in [0, 0.1) is 10.8 Å². The van der Waals surface area contributed by atoms with Gasteiger partial charge < -0.3 is 9.47 Å². The molecule has 4 heteroatoms. The molecule has 0 heterocycles. The second-order valence-corrected chi connectivity index (χ2v) is 19.4. The van der Waals surface area contributed by atoms with Crippen molar-refractivity contribution in [2.45, 2.75) is 254 Å². The third-order valence-electron chi connectivity index (χ3n) is 12.9. The highest BCUT2D eigenvalue weighted by molar-refractivity contribution is 5.89. The molecule has 0 saturated heterocycles. The van der Waals surface area contributed by atoms with Crippen LogP contribution >= 0.6 is 0 Å². The first kappa shape index (κ1) is 56.4. The fourth-order valence-corrected chi connectivity index (χ4v) is 8.38. The van der Waals surface area contributed by atoms with Crippen LogP contribution in [-0.4, -0.2) is 25.2 Å². The van der Waals surface area contributed by atoms with Gasteiger partial charge in [-0.05, 0) is 86.8 Å². The minimum Gasteiger partial charge on any atom is -0.462 e. The third kappa shape index (κ3) is 28.6. The molecule has 0 aliphatic carbocycles. The maximum Gasteiger partial charge on any atom is 0.338 e. The highest BCUT2D eigenvalue weighted by Crippen LogP contribution is 2.34. The molecule has 0 aliphatic heterocycles. The van der Waals surface area contributed by atoms with Crippen molar-refractivity contribution in [3.8, 4) is 0 Å². The Morgan fingerprint density at radius 2 is 0.623 bits per heavy atom. The summed E-state index contributed by atoms with van der Waals surface area (Å²) in [5, 5.41) is 0. The van der Waals surface area contributed by atoms with Gasteiger partial charge in [-0.25, -0.2) is 9.59 Å². The molecule has 0 fully saturated rings. The van der Waals surface area contributed by atoms with Crippen molar-refractivity contribution in [1.82, 2.24) is 0 Å². The van der Waals surface area contributed by atoms with Crippen molar-refractivity contribution in [3.05, 3.63) is 70.8 Å². The van der Waals surface area contributed by atoms with E-state index in [1.807, 2.05) is 24.3 Å². The third-order valence-corrected chi connectivity index (χ3v) is 12.9. The van der Waals surface area contributed by atoms with Crippen LogP contribution in [0.2, 0.25) is 0 Å². The molecule has 0 aromatic heterocycles. The summed E-state index contributed by atoms with van der Waals surface area (Å²) in [7, 11) is 0. The zero-order valence-electron chi connectivity index (χ0n) is 41.6. The first-order valence-electron chi connectivity index (χ1n) is 26.1. The fourth-order valence-electron chi connectivity index (χ4n) is 8.38. The maximum absolute atomic E-state index is 12.7. The summed E-state index contributed by atoms with van der Waals surface area (Å²) >= 11 is 0. The highest BCUT2D eigenvalue weighted by atomic mass is 16.5. The molecule has 4 nitrogen and oxygen atoms in total. The van der Waals surface area contributed by atoms with Gasteiger partial charge in [0.25, 0.3) is 0 Å². The molecule has 61 heavy (non-hydrogen) atoms. The van der Waals surface area contributed by atoms with Gasteiger partial charge in [0.15, 0.2) is 0 Å². The Morgan fingerprint density at radius 1 is 0.361 bits per heavy atom. The molecule has 350 valence electrons. The normalized spacial score (nSPS) is 13.2. The number of unbranched alkanes of at least 4 members (excludes halogenated alkanes) is 19. The Bertz CT molecular complexity index is 1320. The summed E-state index contributed by atoms with van der Waals surface area (Å²) in [6.45, 7) is 19.2. The van der Waals surface area contributed by atoms with Crippen LogP contribution in [0.1, 0.15) is 273 Å². The zero-order chi connectivity index (χ0) is 44.9. The largest absolute Gasteiger partial charge is 0.462 e.